The normalized spacial score (nSPS) is 22.6. The Morgan fingerprint density at radius 1 is 1.58 bits per heavy atom. The van der Waals surface area contributed by atoms with Gasteiger partial charge in [0.2, 0.25) is 5.91 Å². The number of amides is 1. The highest BCUT2D eigenvalue weighted by atomic mass is 32.2. The first-order chi connectivity index (χ1) is 5.84. The van der Waals surface area contributed by atoms with Gasteiger partial charge in [0.05, 0.1) is 0 Å². The predicted molar refractivity (Wildman–Crippen MR) is 52.4 cm³/mol. The van der Waals surface area contributed by atoms with Gasteiger partial charge in [-0.3, -0.25) is 4.79 Å². The van der Waals surface area contributed by atoms with Crippen LogP contribution in [0.2, 0.25) is 0 Å². The zero-order chi connectivity index (χ0) is 8.81. The molecule has 12 heavy (non-hydrogen) atoms. The average molecular weight is 188 g/mol. The maximum atomic E-state index is 11.4. The summed E-state index contributed by atoms with van der Waals surface area (Å²) >= 11 is 1.87. The summed E-state index contributed by atoms with van der Waals surface area (Å²) in [5.41, 5.74) is 0. The highest BCUT2D eigenvalue weighted by Crippen LogP contribution is 2.23. The monoisotopic (exact) mass is 188 g/mol. The highest BCUT2D eigenvalue weighted by Gasteiger charge is 2.22. The van der Waals surface area contributed by atoms with E-state index in [0.29, 0.717) is 0 Å². The van der Waals surface area contributed by atoms with Crippen molar-refractivity contribution in [2.45, 2.75) is 6.42 Å². The van der Waals surface area contributed by atoms with E-state index in [0.717, 1.165) is 31.0 Å². The zero-order valence-electron chi connectivity index (χ0n) is 7.43. The van der Waals surface area contributed by atoms with E-state index in [1.54, 1.807) is 0 Å². The van der Waals surface area contributed by atoms with Gasteiger partial charge < -0.3 is 10.6 Å². The van der Waals surface area contributed by atoms with Gasteiger partial charge in [0, 0.05) is 24.8 Å². The largest absolute Gasteiger partial charge is 0.355 e. The molecule has 3 nitrogen and oxygen atoms in total. The molecule has 0 radical (unpaired) electrons. The van der Waals surface area contributed by atoms with E-state index in [1.165, 1.54) is 0 Å². The van der Waals surface area contributed by atoms with E-state index in [-0.39, 0.29) is 11.8 Å². The molecule has 0 aliphatic carbocycles. The van der Waals surface area contributed by atoms with Crippen molar-refractivity contribution in [3.63, 3.8) is 0 Å². The molecule has 1 aliphatic heterocycles. The van der Waals surface area contributed by atoms with Gasteiger partial charge in [0.25, 0.3) is 0 Å². The van der Waals surface area contributed by atoms with Gasteiger partial charge in [0.15, 0.2) is 0 Å². The second kappa shape index (κ2) is 5.43. The molecule has 1 aliphatic rings. The Balaban J connectivity index is 2.10. The average Bonchev–Trinajstić information content (AvgIpc) is 2.56. The van der Waals surface area contributed by atoms with Crippen LogP contribution >= 0.6 is 11.8 Å². The molecule has 0 aromatic rings. The van der Waals surface area contributed by atoms with Gasteiger partial charge in [-0.2, -0.15) is 11.8 Å². The SMILES string of the molecule is CNCCNC(=O)C1CCSC1. The lowest BCUT2D eigenvalue weighted by Crippen LogP contribution is -2.35. The summed E-state index contributed by atoms with van der Waals surface area (Å²) in [6.45, 7) is 1.60. The molecule has 2 N–H and O–H groups in total. The van der Waals surface area contributed by atoms with E-state index in [2.05, 4.69) is 10.6 Å². The number of nitrogens with one attached hydrogen (secondary N) is 2. The molecule has 1 heterocycles. The number of carbonyl (C=O) groups is 1. The van der Waals surface area contributed by atoms with Crippen molar-refractivity contribution >= 4 is 17.7 Å². The van der Waals surface area contributed by atoms with Crippen molar-refractivity contribution in [3.8, 4) is 0 Å². The molecule has 1 fully saturated rings. The molecule has 1 amide bonds. The van der Waals surface area contributed by atoms with Crippen molar-refractivity contribution in [2.24, 2.45) is 5.92 Å². The number of hydrogen-bond acceptors (Lipinski definition) is 3. The predicted octanol–water partition coefficient (Wildman–Crippen LogP) is 0.0751. The van der Waals surface area contributed by atoms with Crippen molar-refractivity contribution < 1.29 is 4.79 Å². The molecule has 0 bridgehead atoms. The van der Waals surface area contributed by atoms with Crippen LogP contribution in [0.5, 0.6) is 0 Å². The Hall–Kier alpha value is -0.220. The highest BCUT2D eigenvalue weighted by molar-refractivity contribution is 7.99. The summed E-state index contributed by atoms with van der Waals surface area (Å²) in [6, 6.07) is 0. The van der Waals surface area contributed by atoms with Gasteiger partial charge in [-0.1, -0.05) is 0 Å². The molecule has 1 saturated heterocycles. The van der Waals surface area contributed by atoms with Crippen LogP contribution in [0.15, 0.2) is 0 Å². The van der Waals surface area contributed by atoms with Crippen molar-refractivity contribution in [1.29, 1.82) is 0 Å². The Morgan fingerprint density at radius 3 is 3.00 bits per heavy atom. The summed E-state index contributed by atoms with van der Waals surface area (Å²) < 4.78 is 0. The molecule has 1 atom stereocenters. The van der Waals surface area contributed by atoms with E-state index < -0.39 is 0 Å². The van der Waals surface area contributed by atoms with Crippen LogP contribution in [0.1, 0.15) is 6.42 Å². The maximum absolute atomic E-state index is 11.4. The number of likely N-dealkylation sites (N-methyl/N-ethyl adjacent to an activating group) is 1. The molecular weight excluding hydrogens is 172 g/mol. The first-order valence-electron chi connectivity index (χ1n) is 4.34. The fourth-order valence-corrected chi connectivity index (χ4v) is 2.42. The Labute approximate surface area is 77.7 Å². The molecule has 70 valence electrons. The van der Waals surface area contributed by atoms with Crippen LogP contribution in [0.25, 0.3) is 0 Å². The maximum Gasteiger partial charge on any atom is 0.224 e. The van der Waals surface area contributed by atoms with Crippen LogP contribution in [-0.2, 0) is 4.79 Å². The molecule has 0 saturated carbocycles. The standard InChI is InChI=1S/C8H16N2OS/c1-9-3-4-10-8(11)7-2-5-12-6-7/h7,9H,2-6H2,1H3,(H,10,11). The number of hydrogen-bond donors (Lipinski definition) is 2. The minimum Gasteiger partial charge on any atom is -0.355 e. The van der Waals surface area contributed by atoms with Gasteiger partial charge >= 0.3 is 0 Å². The second-order valence-corrected chi connectivity index (χ2v) is 4.10. The van der Waals surface area contributed by atoms with Crippen molar-refractivity contribution in [1.82, 2.24) is 10.6 Å². The first kappa shape index (κ1) is 9.86. The molecule has 1 unspecified atom stereocenters. The summed E-state index contributed by atoms with van der Waals surface area (Å²) in [6.07, 6.45) is 1.05. The summed E-state index contributed by atoms with van der Waals surface area (Å²) in [4.78, 5) is 11.4. The number of carbonyl (C=O) groups excluding carboxylic acids is 1. The van der Waals surface area contributed by atoms with Crippen LogP contribution < -0.4 is 10.6 Å². The molecule has 1 rings (SSSR count). The first-order valence-corrected chi connectivity index (χ1v) is 5.50. The molecule has 4 heteroatoms. The molecule has 0 aromatic heterocycles. The third kappa shape index (κ3) is 3.03. The lowest BCUT2D eigenvalue weighted by atomic mass is 10.1. The summed E-state index contributed by atoms with van der Waals surface area (Å²) in [5.74, 6) is 2.65. The Bertz CT molecular complexity index is 146. The topological polar surface area (TPSA) is 41.1 Å². The van der Waals surface area contributed by atoms with E-state index in [9.17, 15) is 4.79 Å². The minimum absolute atomic E-state index is 0.232. The van der Waals surface area contributed by atoms with Gasteiger partial charge in [-0.05, 0) is 19.2 Å². The number of thioether (sulfide) groups is 1. The van der Waals surface area contributed by atoms with Gasteiger partial charge in [0.1, 0.15) is 0 Å². The smallest absolute Gasteiger partial charge is 0.224 e. The third-order valence-corrected chi connectivity index (χ3v) is 3.14. The van der Waals surface area contributed by atoms with Crippen LogP contribution in [-0.4, -0.2) is 37.6 Å². The molecule has 0 spiro atoms. The van der Waals surface area contributed by atoms with E-state index in [4.69, 9.17) is 0 Å². The van der Waals surface area contributed by atoms with Gasteiger partial charge in [-0.15, -0.1) is 0 Å². The van der Waals surface area contributed by atoms with Crippen molar-refractivity contribution in [3.05, 3.63) is 0 Å². The summed E-state index contributed by atoms with van der Waals surface area (Å²) in [5, 5.41) is 5.90. The van der Waals surface area contributed by atoms with Crippen molar-refractivity contribution in [2.75, 3.05) is 31.6 Å². The van der Waals surface area contributed by atoms with Crippen LogP contribution in [0.4, 0.5) is 0 Å². The lowest BCUT2D eigenvalue weighted by Gasteiger charge is -2.08. The summed E-state index contributed by atoms with van der Waals surface area (Å²) in [7, 11) is 1.89. The van der Waals surface area contributed by atoms with E-state index in [1.807, 2.05) is 18.8 Å². The quantitative estimate of drug-likeness (QED) is 0.614. The second-order valence-electron chi connectivity index (χ2n) is 2.96. The zero-order valence-corrected chi connectivity index (χ0v) is 8.25. The Kier molecular flexibility index (Phi) is 4.46. The lowest BCUT2D eigenvalue weighted by molar-refractivity contribution is -0.124. The fourth-order valence-electron chi connectivity index (χ4n) is 1.20. The minimum atomic E-state index is 0.232. The van der Waals surface area contributed by atoms with Gasteiger partial charge in [-0.25, -0.2) is 0 Å². The third-order valence-electron chi connectivity index (χ3n) is 1.97. The van der Waals surface area contributed by atoms with E-state index >= 15 is 0 Å². The Morgan fingerprint density at radius 2 is 2.42 bits per heavy atom. The van der Waals surface area contributed by atoms with Crippen LogP contribution in [0, 0.1) is 5.92 Å². The fraction of sp³-hybridized carbons (Fsp3) is 0.875. The molecule has 0 aromatic carbocycles. The van der Waals surface area contributed by atoms with Crippen LogP contribution in [0.3, 0.4) is 0 Å². The molecular formula is C8H16N2OS. The number of rotatable bonds is 4.